The van der Waals surface area contributed by atoms with Gasteiger partial charge < -0.3 is 10.2 Å². The van der Waals surface area contributed by atoms with Crippen LogP contribution >= 0.6 is 0 Å². The highest BCUT2D eigenvalue weighted by Crippen LogP contribution is 2.00. The Balaban J connectivity index is 2.49. The van der Waals surface area contributed by atoms with Gasteiger partial charge >= 0.3 is 0 Å². The smallest absolute Gasteiger partial charge is 0.274 e. The van der Waals surface area contributed by atoms with Crippen LogP contribution in [0, 0.1) is 16.1 Å². The van der Waals surface area contributed by atoms with Gasteiger partial charge in [-0.3, -0.25) is 10.1 Å². The van der Waals surface area contributed by atoms with Gasteiger partial charge in [0.05, 0.1) is 4.92 Å². The first-order valence-corrected chi connectivity index (χ1v) is 5.36. The van der Waals surface area contributed by atoms with Crippen molar-refractivity contribution >= 4 is 0 Å². The summed E-state index contributed by atoms with van der Waals surface area (Å²) in [5.41, 5.74) is 0.864. The van der Waals surface area contributed by atoms with Crippen molar-refractivity contribution in [2.45, 2.75) is 6.42 Å². The molecule has 0 aromatic carbocycles. The molecular weight excluding hydrogens is 239 g/mol. The van der Waals surface area contributed by atoms with Gasteiger partial charge in [0.1, 0.15) is 0 Å². The maximum Gasteiger partial charge on any atom is 0.274 e. The van der Waals surface area contributed by atoms with Crippen LogP contribution in [-0.2, 0) is 6.42 Å². The van der Waals surface area contributed by atoms with Gasteiger partial charge in [0.25, 0.3) is 6.20 Å². The molecule has 0 aliphatic heterocycles. The summed E-state index contributed by atoms with van der Waals surface area (Å²) in [7, 11) is 3.42. The van der Waals surface area contributed by atoms with Gasteiger partial charge in [-0.1, -0.05) is 6.07 Å². The number of pyridine rings is 1. The fourth-order valence-electron chi connectivity index (χ4n) is 1.31. The molecule has 18 heavy (non-hydrogen) atoms. The molecule has 0 aliphatic carbocycles. The Morgan fingerprint density at radius 1 is 1.61 bits per heavy atom. The van der Waals surface area contributed by atoms with E-state index in [1.807, 2.05) is 0 Å². The van der Waals surface area contributed by atoms with Crippen molar-refractivity contribution in [3.05, 3.63) is 52.0 Å². The average Bonchev–Trinajstić information content (AvgIpc) is 2.29. The summed E-state index contributed by atoms with van der Waals surface area (Å²) in [5.74, 6) is -0.107. The first-order chi connectivity index (χ1) is 8.49. The quantitative estimate of drug-likeness (QED) is 0.465. The second kappa shape index (κ2) is 6.53. The van der Waals surface area contributed by atoms with E-state index in [4.69, 9.17) is 0 Å². The summed E-state index contributed by atoms with van der Waals surface area (Å²) < 4.78 is 12.6. The van der Waals surface area contributed by atoms with Crippen LogP contribution < -0.4 is 5.32 Å². The van der Waals surface area contributed by atoms with E-state index >= 15 is 0 Å². The van der Waals surface area contributed by atoms with Crippen molar-refractivity contribution in [2.75, 3.05) is 20.6 Å². The Morgan fingerprint density at radius 2 is 2.33 bits per heavy atom. The average molecular weight is 254 g/mol. The molecule has 0 bridgehead atoms. The predicted molar refractivity (Wildman–Crippen MR) is 64.7 cm³/mol. The van der Waals surface area contributed by atoms with Gasteiger partial charge in [-0.05, 0) is 18.1 Å². The molecule has 0 saturated heterocycles. The zero-order valence-electron chi connectivity index (χ0n) is 10.3. The van der Waals surface area contributed by atoms with Crippen LogP contribution in [0.5, 0.6) is 0 Å². The van der Waals surface area contributed by atoms with Gasteiger partial charge in [0.2, 0.25) is 5.95 Å². The maximum atomic E-state index is 12.6. The van der Waals surface area contributed by atoms with Gasteiger partial charge in [-0.15, -0.1) is 0 Å². The molecule has 6 nitrogen and oxygen atoms in total. The number of halogens is 1. The molecule has 0 spiro atoms. The summed E-state index contributed by atoms with van der Waals surface area (Å²) in [6.45, 7) is 0.505. The number of aromatic nitrogens is 1. The van der Waals surface area contributed by atoms with E-state index in [9.17, 15) is 14.5 Å². The van der Waals surface area contributed by atoms with Crippen LogP contribution in [-0.4, -0.2) is 35.4 Å². The van der Waals surface area contributed by atoms with Crippen molar-refractivity contribution in [2.24, 2.45) is 0 Å². The van der Waals surface area contributed by atoms with Crippen molar-refractivity contribution in [3.8, 4) is 0 Å². The minimum atomic E-state index is -0.520. The van der Waals surface area contributed by atoms with Crippen LogP contribution in [0.3, 0.4) is 0 Å². The van der Waals surface area contributed by atoms with Crippen LogP contribution in [0.1, 0.15) is 5.56 Å². The minimum absolute atomic E-state index is 0.412. The molecule has 1 heterocycles. The standard InChI is InChI=1S/C11H15FN4O2/c1-15(2)11(8-16(17)18)13-6-5-9-3-4-10(12)14-7-9/h3-4,7-8,13H,5-6H2,1-2H3/b11-8+. The Hall–Kier alpha value is -2.18. The molecule has 0 fully saturated rings. The fourth-order valence-corrected chi connectivity index (χ4v) is 1.31. The van der Waals surface area contributed by atoms with Gasteiger partial charge in [0.15, 0.2) is 5.82 Å². The number of rotatable bonds is 6. The van der Waals surface area contributed by atoms with Crippen molar-refractivity contribution < 1.29 is 9.31 Å². The molecule has 1 aromatic rings. The number of hydrogen-bond acceptors (Lipinski definition) is 5. The molecule has 0 saturated carbocycles. The SMILES string of the molecule is CN(C)/C(=C/[N+](=O)[O-])NCCc1ccc(F)nc1. The normalized spacial score (nSPS) is 11.2. The van der Waals surface area contributed by atoms with Crippen LogP contribution in [0.15, 0.2) is 30.4 Å². The first-order valence-electron chi connectivity index (χ1n) is 5.36. The van der Waals surface area contributed by atoms with E-state index in [0.717, 1.165) is 11.8 Å². The molecule has 0 radical (unpaired) electrons. The lowest BCUT2D eigenvalue weighted by Crippen LogP contribution is -2.28. The second-order valence-corrected chi connectivity index (χ2v) is 3.86. The van der Waals surface area contributed by atoms with Crippen molar-refractivity contribution in [3.63, 3.8) is 0 Å². The molecule has 0 aliphatic rings. The molecule has 0 amide bonds. The molecule has 1 rings (SSSR count). The number of nitro groups is 1. The third-order valence-corrected chi connectivity index (χ3v) is 2.22. The summed E-state index contributed by atoms with van der Waals surface area (Å²) in [5, 5.41) is 13.3. The van der Waals surface area contributed by atoms with E-state index in [1.165, 1.54) is 12.3 Å². The Morgan fingerprint density at radius 3 is 2.83 bits per heavy atom. The maximum absolute atomic E-state index is 12.6. The predicted octanol–water partition coefficient (Wildman–Crippen LogP) is 0.990. The third kappa shape index (κ3) is 4.77. The molecular formula is C11H15FN4O2. The van der Waals surface area contributed by atoms with Gasteiger partial charge in [-0.2, -0.15) is 4.39 Å². The fraction of sp³-hybridized carbons (Fsp3) is 0.364. The van der Waals surface area contributed by atoms with Crippen molar-refractivity contribution in [1.82, 2.24) is 15.2 Å². The van der Waals surface area contributed by atoms with Crippen molar-refractivity contribution in [1.29, 1.82) is 0 Å². The number of nitrogens with zero attached hydrogens (tertiary/aromatic N) is 3. The van der Waals surface area contributed by atoms with Crippen LogP contribution in [0.25, 0.3) is 0 Å². The van der Waals surface area contributed by atoms with Gasteiger partial charge in [0, 0.05) is 26.8 Å². The minimum Gasteiger partial charge on any atom is -0.366 e. The summed E-state index contributed by atoms with van der Waals surface area (Å²) in [4.78, 5) is 15.0. The topological polar surface area (TPSA) is 71.3 Å². The zero-order chi connectivity index (χ0) is 13.5. The monoisotopic (exact) mass is 254 g/mol. The molecule has 1 aromatic heterocycles. The van der Waals surface area contributed by atoms with E-state index in [1.54, 1.807) is 25.1 Å². The van der Waals surface area contributed by atoms with E-state index in [-0.39, 0.29) is 0 Å². The lowest BCUT2D eigenvalue weighted by molar-refractivity contribution is -0.404. The third-order valence-electron chi connectivity index (χ3n) is 2.22. The molecule has 0 unspecified atom stereocenters. The summed E-state index contributed by atoms with van der Waals surface area (Å²) in [6, 6.07) is 2.92. The molecule has 0 atom stereocenters. The molecule has 1 N–H and O–H groups in total. The first kappa shape index (κ1) is 13.9. The Bertz CT molecular complexity index is 431. The highest BCUT2D eigenvalue weighted by atomic mass is 19.1. The van der Waals surface area contributed by atoms with E-state index in [2.05, 4.69) is 10.3 Å². The highest BCUT2D eigenvalue weighted by molar-refractivity contribution is 5.10. The second-order valence-electron chi connectivity index (χ2n) is 3.86. The number of hydrogen-bond donors (Lipinski definition) is 1. The molecule has 7 heteroatoms. The largest absolute Gasteiger partial charge is 0.366 e. The Labute approximate surface area is 104 Å². The van der Waals surface area contributed by atoms with E-state index < -0.39 is 10.9 Å². The van der Waals surface area contributed by atoms with Gasteiger partial charge in [-0.25, -0.2) is 4.98 Å². The number of nitrogens with one attached hydrogen (secondary N) is 1. The van der Waals surface area contributed by atoms with Crippen LogP contribution in [0.2, 0.25) is 0 Å². The van der Waals surface area contributed by atoms with Crippen LogP contribution in [0.4, 0.5) is 4.39 Å². The lowest BCUT2D eigenvalue weighted by Gasteiger charge is -2.16. The van der Waals surface area contributed by atoms with E-state index in [0.29, 0.717) is 18.8 Å². The Kier molecular flexibility index (Phi) is 5.04. The zero-order valence-corrected chi connectivity index (χ0v) is 10.3. The summed E-state index contributed by atoms with van der Waals surface area (Å²) in [6.07, 6.45) is 2.96. The lowest BCUT2D eigenvalue weighted by atomic mass is 10.2. The highest BCUT2D eigenvalue weighted by Gasteiger charge is 2.04. The molecule has 98 valence electrons. The summed E-state index contributed by atoms with van der Waals surface area (Å²) >= 11 is 0.